The molecule has 41 heavy (non-hydrogen) atoms. The van der Waals surface area contributed by atoms with Crippen LogP contribution in [-0.2, 0) is 22.7 Å². The molecule has 0 radical (unpaired) electrons. The molecule has 2 aromatic carbocycles. The summed E-state index contributed by atoms with van der Waals surface area (Å²) >= 11 is 0. The van der Waals surface area contributed by atoms with Gasteiger partial charge >= 0.3 is 0 Å². The van der Waals surface area contributed by atoms with Crippen molar-refractivity contribution in [3.8, 4) is 11.1 Å². The van der Waals surface area contributed by atoms with Crippen LogP contribution in [0.15, 0.2) is 72.8 Å². The minimum atomic E-state index is -0.654. The second-order valence-electron chi connectivity index (χ2n) is 10.6. The van der Waals surface area contributed by atoms with Crippen molar-refractivity contribution >= 4 is 28.9 Å². The van der Waals surface area contributed by atoms with Crippen LogP contribution in [0.1, 0.15) is 33.9 Å². The Balaban J connectivity index is 1.21. The quantitative estimate of drug-likeness (QED) is 0.208. The number of rotatable bonds is 10. The molecular weight excluding hydrogens is 514 g/mol. The minimum Gasteiger partial charge on any atom is -0.375 e. The van der Waals surface area contributed by atoms with Crippen LogP contribution in [0.5, 0.6) is 0 Å². The molecule has 0 fully saturated rings. The molecule has 0 aliphatic carbocycles. The van der Waals surface area contributed by atoms with E-state index in [0.717, 1.165) is 53.5 Å². The molecule has 5 rings (SSSR count). The zero-order valence-corrected chi connectivity index (χ0v) is 24.2. The van der Waals surface area contributed by atoms with Gasteiger partial charge in [-0.05, 0) is 73.9 Å². The summed E-state index contributed by atoms with van der Waals surface area (Å²) in [5, 5.41) is 2.80. The number of fused-ring (bicyclic) bond motifs is 1. The number of carbonyl (C=O) groups is 2. The van der Waals surface area contributed by atoms with Gasteiger partial charge in [0.15, 0.2) is 0 Å². The second kappa shape index (κ2) is 12.4. The molecule has 4 aromatic rings. The topological polar surface area (TPSA) is 79.7 Å². The van der Waals surface area contributed by atoms with Gasteiger partial charge in [0.05, 0.1) is 13.2 Å². The third-order valence-corrected chi connectivity index (χ3v) is 7.43. The molecule has 1 aliphatic rings. The van der Waals surface area contributed by atoms with E-state index in [0.29, 0.717) is 31.1 Å². The maximum atomic E-state index is 13.5. The summed E-state index contributed by atoms with van der Waals surface area (Å²) in [6.45, 7) is 7.32. The number of anilines is 3. The van der Waals surface area contributed by atoms with Gasteiger partial charge in [0.1, 0.15) is 11.5 Å². The Hall–Kier alpha value is -4.43. The lowest BCUT2D eigenvalue weighted by atomic mass is 10.0. The zero-order valence-electron chi connectivity index (χ0n) is 24.2. The Bertz CT molecular complexity index is 1510. The number of nitrogens with zero attached hydrogens (tertiary/aromatic N) is 4. The first-order valence-electron chi connectivity index (χ1n) is 14.0. The number of aromatic nitrogens is 2. The summed E-state index contributed by atoms with van der Waals surface area (Å²) in [7, 11) is 4.12. The van der Waals surface area contributed by atoms with Crippen LogP contribution >= 0.6 is 0 Å². The summed E-state index contributed by atoms with van der Waals surface area (Å²) in [5.41, 5.74) is 6.81. The number of carbonyl (C=O) groups excluding carboxylic acids is 2. The smallest absolute Gasteiger partial charge is 0.298 e. The van der Waals surface area contributed by atoms with Gasteiger partial charge in [0.25, 0.3) is 11.7 Å². The highest BCUT2D eigenvalue weighted by Gasteiger charge is 2.28. The molecule has 2 aromatic heterocycles. The van der Waals surface area contributed by atoms with Crippen molar-refractivity contribution in [3.05, 3.63) is 95.4 Å². The van der Waals surface area contributed by atoms with Crippen molar-refractivity contribution < 1.29 is 14.3 Å². The highest BCUT2D eigenvalue weighted by Crippen LogP contribution is 2.30. The monoisotopic (exact) mass is 551 g/mol. The fourth-order valence-electron chi connectivity index (χ4n) is 5.29. The van der Waals surface area contributed by atoms with Crippen LogP contribution in [0, 0.1) is 13.8 Å². The number of nitrogens with one attached hydrogen (secondary N) is 1. The molecule has 212 valence electrons. The Labute approximate surface area is 241 Å². The summed E-state index contributed by atoms with van der Waals surface area (Å²) in [5.74, 6) is -0.219. The normalized spacial score (nSPS) is 12.5. The third-order valence-electron chi connectivity index (χ3n) is 7.43. The maximum absolute atomic E-state index is 13.5. The number of pyridine rings is 1. The number of benzene rings is 2. The van der Waals surface area contributed by atoms with Crippen LogP contribution in [0.25, 0.3) is 11.1 Å². The molecule has 1 aliphatic heterocycles. The van der Waals surface area contributed by atoms with Gasteiger partial charge in [-0.25, -0.2) is 4.98 Å². The molecule has 0 spiro atoms. The standard InChI is InChI=1S/C33H37N5O3/c1-23-19-24(2)34-30(20-23)37(4)16-8-15-36(3)27-13-11-26(12-14-27)35-33(40)32(39)31-29(25-9-6-5-7-10-25)21-28-22-41-18-17-38(28)31/h5-7,9-14,19-21H,8,15-18,22H2,1-4H3,(H,35,40). The number of aryl methyl sites for hydroxylation is 2. The average Bonchev–Trinajstić information content (AvgIpc) is 3.36. The summed E-state index contributed by atoms with van der Waals surface area (Å²) in [6, 6.07) is 23.4. The van der Waals surface area contributed by atoms with Crippen LogP contribution in [0.3, 0.4) is 0 Å². The molecule has 0 saturated heterocycles. The second-order valence-corrected chi connectivity index (χ2v) is 10.6. The first kappa shape index (κ1) is 28.1. The molecule has 0 unspecified atom stereocenters. The van der Waals surface area contributed by atoms with Crippen molar-refractivity contribution in [1.29, 1.82) is 0 Å². The first-order chi connectivity index (χ1) is 19.8. The molecule has 8 nitrogen and oxygen atoms in total. The highest BCUT2D eigenvalue weighted by atomic mass is 16.5. The van der Waals surface area contributed by atoms with E-state index < -0.39 is 11.7 Å². The predicted octanol–water partition coefficient (Wildman–Crippen LogP) is 5.48. The van der Waals surface area contributed by atoms with Crippen molar-refractivity contribution in [2.45, 2.75) is 33.4 Å². The first-order valence-corrected chi connectivity index (χ1v) is 14.0. The number of hydrogen-bond donors (Lipinski definition) is 1. The lowest BCUT2D eigenvalue weighted by molar-refractivity contribution is -0.112. The van der Waals surface area contributed by atoms with E-state index in [4.69, 9.17) is 4.74 Å². The molecule has 0 bridgehead atoms. The van der Waals surface area contributed by atoms with Crippen LogP contribution < -0.4 is 15.1 Å². The number of ether oxygens (including phenoxy) is 1. The molecule has 0 atom stereocenters. The Kier molecular flexibility index (Phi) is 8.50. The van der Waals surface area contributed by atoms with E-state index in [1.54, 1.807) is 0 Å². The van der Waals surface area contributed by atoms with Crippen molar-refractivity contribution in [1.82, 2.24) is 9.55 Å². The Morgan fingerprint density at radius 3 is 2.41 bits per heavy atom. The number of ketones is 1. The van der Waals surface area contributed by atoms with E-state index >= 15 is 0 Å². The van der Waals surface area contributed by atoms with Crippen LogP contribution in [0.4, 0.5) is 17.2 Å². The fraction of sp³-hybridized carbons (Fsp3) is 0.303. The largest absolute Gasteiger partial charge is 0.375 e. The minimum absolute atomic E-state index is 0.407. The van der Waals surface area contributed by atoms with Gasteiger partial charge in [-0.2, -0.15) is 0 Å². The molecule has 0 saturated carbocycles. The summed E-state index contributed by atoms with van der Waals surface area (Å²) in [4.78, 5) is 35.6. The van der Waals surface area contributed by atoms with Crippen LogP contribution in [-0.4, -0.2) is 55.0 Å². The van der Waals surface area contributed by atoms with E-state index in [9.17, 15) is 9.59 Å². The van der Waals surface area contributed by atoms with Gasteiger partial charge in [-0.1, -0.05) is 30.3 Å². The summed E-state index contributed by atoms with van der Waals surface area (Å²) in [6.07, 6.45) is 0.963. The summed E-state index contributed by atoms with van der Waals surface area (Å²) < 4.78 is 7.51. The SMILES string of the molecule is Cc1cc(C)nc(N(C)CCCN(C)c2ccc(NC(=O)C(=O)c3c(-c4ccccc4)cc4n3CCOC4)cc2)c1. The van der Waals surface area contributed by atoms with Gasteiger partial charge in [-0.3, -0.25) is 9.59 Å². The number of hydrogen-bond acceptors (Lipinski definition) is 6. The van der Waals surface area contributed by atoms with Gasteiger partial charge in [0.2, 0.25) is 0 Å². The van der Waals surface area contributed by atoms with Crippen molar-refractivity contribution in [3.63, 3.8) is 0 Å². The molecular formula is C33H37N5O3. The maximum Gasteiger partial charge on any atom is 0.298 e. The molecule has 1 amide bonds. The predicted molar refractivity (Wildman–Crippen MR) is 164 cm³/mol. The van der Waals surface area contributed by atoms with Gasteiger partial charge in [-0.15, -0.1) is 0 Å². The Morgan fingerprint density at radius 2 is 1.68 bits per heavy atom. The van der Waals surface area contributed by atoms with Gasteiger partial charge in [0, 0.05) is 62.1 Å². The van der Waals surface area contributed by atoms with Crippen LogP contribution in [0.2, 0.25) is 0 Å². The lowest BCUT2D eigenvalue weighted by Gasteiger charge is -2.23. The van der Waals surface area contributed by atoms with E-state index in [1.165, 1.54) is 5.56 Å². The number of Topliss-reactive ketones (excluding diaryl/α,β-unsaturated/α-hetero) is 1. The van der Waals surface area contributed by atoms with Gasteiger partial charge < -0.3 is 24.4 Å². The third kappa shape index (κ3) is 6.49. The molecule has 3 heterocycles. The van der Waals surface area contributed by atoms with E-state index in [-0.39, 0.29) is 0 Å². The highest BCUT2D eigenvalue weighted by molar-refractivity contribution is 6.47. The average molecular weight is 552 g/mol. The van der Waals surface area contributed by atoms with Crippen molar-refractivity contribution in [2.24, 2.45) is 0 Å². The number of amides is 1. The van der Waals surface area contributed by atoms with Crippen molar-refractivity contribution in [2.75, 3.05) is 48.9 Å². The van der Waals surface area contributed by atoms with E-state index in [1.807, 2.05) is 72.2 Å². The van der Waals surface area contributed by atoms with E-state index in [2.05, 4.69) is 53.3 Å². The zero-order chi connectivity index (χ0) is 28.9. The fourth-order valence-corrected chi connectivity index (χ4v) is 5.29. The molecule has 1 N–H and O–H groups in total. The molecule has 8 heteroatoms. The lowest BCUT2D eigenvalue weighted by Crippen LogP contribution is -2.28. The Morgan fingerprint density at radius 1 is 0.951 bits per heavy atom.